The van der Waals surface area contributed by atoms with Gasteiger partial charge in [-0.05, 0) is 6.08 Å². The Morgan fingerprint density at radius 2 is 2.62 bits per heavy atom. The maximum atomic E-state index is 11.9. The summed E-state index contributed by atoms with van der Waals surface area (Å²) in [5.74, 6) is -1.59. The molecule has 1 N–H and O–H groups in total. The van der Waals surface area contributed by atoms with Gasteiger partial charge in [-0.25, -0.2) is 9.87 Å². The minimum atomic E-state index is -0.809. The van der Waals surface area contributed by atoms with Crippen molar-refractivity contribution in [3.05, 3.63) is 11.9 Å². The van der Waals surface area contributed by atoms with Crippen LogP contribution in [0.25, 0.3) is 0 Å². The molecule has 0 aromatic heterocycles. The summed E-state index contributed by atoms with van der Waals surface area (Å²) in [6.07, 6.45) is 1.07. The van der Waals surface area contributed by atoms with Crippen molar-refractivity contribution in [2.75, 3.05) is 6.61 Å². The summed E-state index contributed by atoms with van der Waals surface area (Å²) in [7, 11) is 0. The predicted octanol–water partition coefficient (Wildman–Crippen LogP) is -0.0988. The summed E-state index contributed by atoms with van der Waals surface area (Å²) in [6, 6.07) is 0. The Balaban J connectivity index is 2.67. The normalized spacial score (nSPS) is 19.6. The van der Waals surface area contributed by atoms with E-state index in [0.717, 1.165) is 6.08 Å². The van der Waals surface area contributed by atoms with Gasteiger partial charge in [0.05, 0.1) is 6.61 Å². The van der Waals surface area contributed by atoms with Crippen LogP contribution in [-0.2, 0) is 9.63 Å². The first-order valence-corrected chi connectivity index (χ1v) is 2.08. The number of hydrogen-bond donors (Lipinski definition) is 1. The number of halogens is 1. The number of carbonyl (C=O) groups excluding carboxylic acids is 1. The summed E-state index contributed by atoms with van der Waals surface area (Å²) in [6.45, 7) is 0.109. The van der Waals surface area contributed by atoms with Crippen LogP contribution in [0.1, 0.15) is 0 Å². The number of hydrogen-bond acceptors (Lipinski definition) is 2. The van der Waals surface area contributed by atoms with Crippen LogP contribution in [0.3, 0.4) is 0 Å². The minimum absolute atomic E-state index is 0.109. The molecule has 1 rings (SSSR count). The Kier molecular flexibility index (Phi) is 1.26. The van der Waals surface area contributed by atoms with Crippen LogP contribution in [0.4, 0.5) is 4.39 Å². The molecule has 0 unspecified atom stereocenters. The Hall–Kier alpha value is -0.900. The SMILES string of the molecule is O=C1NOCC=C1F. The molecule has 0 bridgehead atoms. The summed E-state index contributed by atoms with van der Waals surface area (Å²) in [5, 5.41) is 0. The molecule has 3 nitrogen and oxygen atoms in total. The Morgan fingerprint density at radius 3 is 3.00 bits per heavy atom. The van der Waals surface area contributed by atoms with E-state index in [1.165, 1.54) is 0 Å². The lowest BCUT2D eigenvalue weighted by molar-refractivity contribution is -0.132. The first-order valence-electron chi connectivity index (χ1n) is 2.08. The Labute approximate surface area is 45.1 Å². The van der Waals surface area contributed by atoms with E-state index in [4.69, 9.17) is 0 Å². The largest absolute Gasteiger partial charge is 0.303 e. The third-order valence-corrected chi connectivity index (χ3v) is 0.728. The zero-order valence-corrected chi connectivity index (χ0v) is 3.98. The van der Waals surface area contributed by atoms with E-state index < -0.39 is 11.7 Å². The van der Waals surface area contributed by atoms with Gasteiger partial charge >= 0.3 is 5.91 Å². The van der Waals surface area contributed by atoms with Crippen LogP contribution in [0.15, 0.2) is 11.9 Å². The molecule has 1 heterocycles. The zero-order valence-electron chi connectivity index (χ0n) is 3.98. The van der Waals surface area contributed by atoms with E-state index in [1.807, 2.05) is 5.48 Å². The third kappa shape index (κ3) is 0.840. The van der Waals surface area contributed by atoms with Crippen molar-refractivity contribution in [1.29, 1.82) is 0 Å². The molecule has 0 aromatic rings. The van der Waals surface area contributed by atoms with Crippen molar-refractivity contribution in [3.8, 4) is 0 Å². The molecule has 0 atom stereocenters. The van der Waals surface area contributed by atoms with Crippen molar-refractivity contribution in [2.45, 2.75) is 0 Å². The minimum Gasteiger partial charge on any atom is -0.269 e. The van der Waals surface area contributed by atoms with E-state index in [1.54, 1.807) is 0 Å². The average molecular weight is 117 g/mol. The first kappa shape index (κ1) is 5.24. The molecule has 1 amide bonds. The van der Waals surface area contributed by atoms with Gasteiger partial charge in [0.25, 0.3) is 0 Å². The van der Waals surface area contributed by atoms with E-state index in [2.05, 4.69) is 4.84 Å². The second kappa shape index (κ2) is 1.92. The molecule has 0 saturated carbocycles. The third-order valence-electron chi connectivity index (χ3n) is 0.728. The summed E-state index contributed by atoms with van der Waals surface area (Å²) >= 11 is 0. The van der Waals surface area contributed by atoms with Crippen LogP contribution in [-0.4, -0.2) is 12.5 Å². The van der Waals surface area contributed by atoms with E-state index >= 15 is 0 Å². The molecule has 8 heavy (non-hydrogen) atoms. The number of hydroxylamine groups is 1. The lowest BCUT2D eigenvalue weighted by Crippen LogP contribution is -2.27. The number of carbonyl (C=O) groups is 1. The highest BCUT2D eigenvalue weighted by atomic mass is 19.1. The molecule has 0 saturated heterocycles. The average Bonchev–Trinajstić information content (AvgIpc) is 1.77. The maximum absolute atomic E-state index is 11.9. The predicted molar refractivity (Wildman–Crippen MR) is 23.3 cm³/mol. The molecular weight excluding hydrogens is 113 g/mol. The Morgan fingerprint density at radius 1 is 1.88 bits per heavy atom. The summed E-state index contributed by atoms with van der Waals surface area (Å²) in [5.41, 5.74) is 1.85. The standard InChI is InChI=1S/C4H4FNO2/c5-3-1-2-8-6-4(3)7/h1H,2H2,(H,6,7). The van der Waals surface area contributed by atoms with Gasteiger partial charge in [0.2, 0.25) is 0 Å². The second-order valence-corrected chi connectivity index (χ2v) is 1.29. The number of nitrogens with one attached hydrogen (secondary N) is 1. The summed E-state index contributed by atoms with van der Waals surface area (Å²) < 4.78 is 11.9. The molecule has 0 radical (unpaired) electrons. The molecule has 0 fully saturated rings. The number of amides is 1. The maximum Gasteiger partial charge on any atom is 0.303 e. The molecule has 44 valence electrons. The molecule has 0 aliphatic carbocycles. The van der Waals surface area contributed by atoms with Crippen LogP contribution >= 0.6 is 0 Å². The smallest absolute Gasteiger partial charge is 0.269 e. The first-order chi connectivity index (χ1) is 3.80. The van der Waals surface area contributed by atoms with Crippen molar-refractivity contribution in [3.63, 3.8) is 0 Å². The monoisotopic (exact) mass is 117 g/mol. The van der Waals surface area contributed by atoms with Gasteiger partial charge in [-0.15, -0.1) is 0 Å². The topological polar surface area (TPSA) is 38.3 Å². The Bertz CT molecular complexity index is 143. The van der Waals surface area contributed by atoms with Gasteiger partial charge in [-0.2, -0.15) is 0 Å². The fourth-order valence-electron chi connectivity index (χ4n) is 0.363. The molecule has 1 aliphatic heterocycles. The van der Waals surface area contributed by atoms with Gasteiger partial charge in [0.15, 0.2) is 5.83 Å². The molecule has 4 heteroatoms. The van der Waals surface area contributed by atoms with Gasteiger partial charge in [-0.3, -0.25) is 9.63 Å². The van der Waals surface area contributed by atoms with Crippen molar-refractivity contribution in [1.82, 2.24) is 5.48 Å². The van der Waals surface area contributed by atoms with Crippen LogP contribution in [0.5, 0.6) is 0 Å². The zero-order chi connectivity index (χ0) is 5.98. The van der Waals surface area contributed by atoms with E-state index in [0.29, 0.717) is 0 Å². The molecular formula is C4H4FNO2. The summed E-state index contributed by atoms with van der Waals surface area (Å²) in [4.78, 5) is 14.5. The fourth-order valence-corrected chi connectivity index (χ4v) is 0.363. The van der Waals surface area contributed by atoms with Gasteiger partial charge in [-0.1, -0.05) is 0 Å². The molecule has 0 aromatic carbocycles. The van der Waals surface area contributed by atoms with Crippen molar-refractivity contribution < 1.29 is 14.0 Å². The second-order valence-electron chi connectivity index (χ2n) is 1.29. The highest BCUT2D eigenvalue weighted by Gasteiger charge is 2.11. The van der Waals surface area contributed by atoms with Crippen molar-refractivity contribution >= 4 is 5.91 Å². The quantitative estimate of drug-likeness (QED) is 0.481. The van der Waals surface area contributed by atoms with E-state index in [9.17, 15) is 9.18 Å². The van der Waals surface area contributed by atoms with Crippen LogP contribution < -0.4 is 5.48 Å². The lowest BCUT2D eigenvalue weighted by atomic mass is 10.4. The number of rotatable bonds is 0. The highest BCUT2D eigenvalue weighted by molar-refractivity contribution is 5.90. The van der Waals surface area contributed by atoms with E-state index in [-0.39, 0.29) is 6.61 Å². The van der Waals surface area contributed by atoms with Crippen LogP contribution in [0, 0.1) is 0 Å². The highest BCUT2D eigenvalue weighted by Crippen LogP contribution is 1.99. The van der Waals surface area contributed by atoms with Gasteiger partial charge in [0, 0.05) is 0 Å². The molecule has 0 spiro atoms. The van der Waals surface area contributed by atoms with Crippen LogP contribution in [0.2, 0.25) is 0 Å². The lowest BCUT2D eigenvalue weighted by Gasteiger charge is -2.05. The molecule has 1 aliphatic rings. The van der Waals surface area contributed by atoms with Crippen molar-refractivity contribution in [2.24, 2.45) is 0 Å². The van der Waals surface area contributed by atoms with Gasteiger partial charge < -0.3 is 0 Å². The fraction of sp³-hybridized carbons (Fsp3) is 0.250. The van der Waals surface area contributed by atoms with Gasteiger partial charge in [0.1, 0.15) is 0 Å².